The fourth-order valence-electron chi connectivity index (χ4n) is 1.84. The molecule has 2 aromatic carbocycles. The lowest BCUT2D eigenvalue weighted by atomic mass is 10.1. The van der Waals surface area contributed by atoms with Gasteiger partial charge < -0.3 is 10.5 Å². The van der Waals surface area contributed by atoms with E-state index in [-0.39, 0.29) is 22.6 Å². The van der Waals surface area contributed by atoms with E-state index in [4.69, 9.17) is 22.1 Å². The molecule has 0 spiro atoms. The van der Waals surface area contributed by atoms with Gasteiger partial charge in [-0.1, -0.05) is 23.7 Å². The van der Waals surface area contributed by atoms with E-state index in [2.05, 4.69) is 0 Å². The summed E-state index contributed by atoms with van der Waals surface area (Å²) < 4.78 is 33.1. The molecule has 2 N–H and O–H groups in total. The van der Waals surface area contributed by atoms with Crippen LogP contribution in [-0.4, -0.2) is 6.04 Å². The lowest BCUT2D eigenvalue weighted by molar-refractivity contribution is 0.430. The Labute approximate surface area is 121 Å². The standard InChI is InChI=1S/C15H14ClF2NO/c1-9(19)8-10-12(17)5-3-6-13(10)20-14-7-2-4-11(16)15(14)18/h2-7,9H,8,19H2,1H3. The van der Waals surface area contributed by atoms with Gasteiger partial charge in [0.25, 0.3) is 0 Å². The molecule has 0 saturated carbocycles. The van der Waals surface area contributed by atoms with Gasteiger partial charge >= 0.3 is 0 Å². The van der Waals surface area contributed by atoms with Crippen molar-refractivity contribution >= 4 is 11.6 Å². The van der Waals surface area contributed by atoms with Gasteiger partial charge in [0.1, 0.15) is 11.6 Å². The number of nitrogens with two attached hydrogens (primary N) is 1. The summed E-state index contributed by atoms with van der Waals surface area (Å²) in [4.78, 5) is 0. The van der Waals surface area contributed by atoms with Crippen LogP contribution in [0.4, 0.5) is 8.78 Å². The quantitative estimate of drug-likeness (QED) is 0.913. The summed E-state index contributed by atoms with van der Waals surface area (Å²) in [6.07, 6.45) is 0.296. The van der Waals surface area contributed by atoms with Gasteiger partial charge in [0.2, 0.25) is 0 Å². The predicted octanol–water partition coefficient (Wildman–Crippen LogP) is 4.30. The third-order valence-corrected chi connectivity index (χ3v) is 3.03. The lowest BCUT2D eigenvalue weighted by Crippen LogP contribution is -2.19. The first kappa shape index (κ1) is 14.8. The second-order valence-electron chi connectivity index (χ2n) is 4.55. The molecule has 20 heavy (non-hydrogen) atoms. The number of rotatable bonds is 4. The molecule has 1 unspecified atom stereocenters. The Kier molecular flexibility index (Phi) is 4.57. The van der Waals surface area contributed by atoms with E-state index >= 15 is 0 Å². The highest BCUT2D eigenvalue weighted by atomic mass is 35.5. The molecule has 1 atom stereocenters. The van der Waals surface area contributed by atoms with E-state index in [1.807, 2.05) is 0 Å². The van der Waals surface area contributed by atoms with Gasteiger partial charge in [-0.3, -0.25) is 0 Å². The SMILES string of the molecule is CC(N)Cc1c(F)cccc1Oc1cccc(Cl)c1F. The van der Waals surface area contributed by atoms with Crippen molar-refractivity contribution in [2.75, 3.05) is 0 Å². The Hall–Kier alpha value is -1.65. The molecular weight excluding hydrogens is 284 g/mol. The van der Waals surface area contributed by atoms with Crippen LogP contribution in [0.25, 0.3) is 0 Å². The van der Waals surface area contributed by atoms with E-state index < -0.39 is 11.6 Å². The Morgan fingerprint density at radius 3 is 2.50 bits per heavy atom. The van der Waals surface area contributed by atoms with Crippen LogP contribution in [0.15, 0.2) is 36.4 Å². The summed E-state index contributed by atoms with van der Waals surface area (Å²) in [6.45, 7) is 1.76. The molecular formula is C15H14ClF2NO. The van der Waals surface area contributed by atoms with Gasteiger partial charge in [-0.25, -0.2) is 8.78 Å². The molecule has 0 aliphatic carbocycles. The zero-order valence-electron chi connectivity index (χ0n) is 10.9. The molecule has 0 aromatic heterocycles. The molecule has 0 aliphatic rings. The Morgan fingerprint density at radius 1 is 1.15 bits per heavy atom. The zero-order chi connectivity index (χ0) is 14.7. The van der Waals surface area contributed by atoms with Crippen LogP contribution in [0.3, 0.4) is 0 Å². The first-order valence-electron chi connectivity index (χ1n) is 6.14. The van der Waals surface area contributed by atoms with Crippen molar-refractivity contribution in [3.63, 3.8) is 0 Å². The molecule has 5 heteroatoms. The number of hydrogen-bond acceptors (Lipinski definition) is 2. The van der Waals surface area contributed by atoms with E-state index in [1.165, 1.54) is 24.3 Å². The number of benzene rings is 2. The van der Waals surface area contributed by atoms with Gasteiger partial charge in [0.05, 0.1) is 5.02 Å². The van der Waals surface area contributed by atoms with E-state index in [9.17, 15) is 8.78 Å². The Morgan fingerprint density at radius 2 is 1.80 bits per heavy atom. The van der Waals surface area contributed by atoms with Crippen molar-refractivity contribution in [1.29, 1.82) is 0 Å². The summed E-state index contributed by atoms with van der Waals surface area (Å²) in [6, 6.07) is 8.56. The lowest BCUT2D eigenvalue weighted by Gasteiger charge is -2.14. The minimum absolute atomic E-state index is 0.0472. The predicted molar refractivity (Wildman–Crippen MR) is 75.2 cm³/mol. The molecule has 2 nitrogen and oxygen atoms in total. The monoisotopic (exact) mass is 297 g/mol. The van der Waals surface area contributed by atoms with E-state index in [0.717, 1.165) is 0 Å². The van der Waals surface area contributed by atoms with Gasteiger partial charge in [-0.15, -0.1) is 0 Å². The van der Waals surface area contributed by atoms with Crippen molar-refractivity contribution in [2.45, 2.75) is 19.4 Å². The molecule has 0 bridgehead atoms. The third kappa shape index (κ3) is 3.26. The molecule has 0 heterocycles. The average molecular weight is 298 g/mol. The molecule has 0 fully saturated rings. The smallest absolute Gasteiger partial charge is 0.184 e. The normalized spacial score (nSPS) is 12.2. The number of hydrogen-bond donors (Lipinski definition) is 1. The number of halogens is 3. The number of ether oxygens (including phenoxy) is 1. The van der Waals surface area contributed by atoms with Gasteiger partial charge in [0.15, 0.2) is 11.6 Å². The van der Waals surface area contributed by atoms with Crippen LogP contribution in [0, 0.1) is 11.6 Å². The maximum absolute atomic E-state index is 13.8. The topological polar surface area (TPSA) is 35.2 Å². The first-order valence-corrected chi connectivity index (χ1v) is 6.51. The minimum Gasteiger partial charge on any atom is -0.454 e. The average Bonchev–Trinajstić information content (AvgIpc) is 2.38. The summed E-state index contributed by atoms with van der Waals surface area (Å²) in [5.41, 5.74) is 6.01. The molecule has 106 valence electrons. The van der Waals surface area contributed by atoms with Crippen LogP contribution < -0.4 is 10.5 Å². The van der Waals surface area contributed by atoms with Crippen LogP contribution in [0.1, 0.15) is 12.5 Å². The summed E-state index contributed by atoms with van der Waals surface area (Å²) in [5, 5.41) is -0.0485. The van der Waals surface area contributed by atoms with Crippen molar-refractivity contribution in [2.24, 2.45) is 5.73 Å². The highest BCUT2D eigenvalue weighted by molar-refractivity contribution is 6.30. The molecule has 0 radical (unpaired) electrons. The van der Waals surface area contributed by atoms with Crippen LogP contribution in [-0.2, 0) is 6.42 Å². The maximum atomic E-state index is 13.8. The largest absolute Gasteiger partial charge is 0.454 e. The van der Waals surface area contributed by atoms with Crippen LogP contribution in [0.5, 0.6) is 11.5 Å². The fraction of sp³-hybridized carbons (Fsp3) is 0.200. The van der Waals surface area contributed by atoms with Gasteiger partial charge in [-0.05, 0) is 37.6 Å². The highest BCUT2D eigenvalue weighted by Gasteiger charge is 2.15. The summed E-state index contributed by atoms with van der Waals surface area (Å²) >= 11 is 5.69. The molecule has 2 aromatic rings. The molecule has 0 amide bonds. The molecule has 0 saturated heterocycles. The molecule has 0 aliphatic heterocycles. The van der Waals surface area contributed by atoms with Crippen LogP contribution in [0.2, 0.25) is 5.02 Å². The summed E-state index contributed by atoms with van der Waals surface area (Å²) in [5.74, 6) is -0.912. The second kappa shape index (κ2) is 6.20. The first-order chi connectivity index (χ1) is 9.49. The van der Waals surface area contributed by atoms with Crippen molar-refractivity contribution < 1.29 is 13.5 Å². The minimum atomic E-state index is -0.676. The van der Waals surface area contributed by atoms with Gasteiger partial charge in [0, 0.05) is 11.6 Å². The molecule has 2 rings (SSSR count). The Bertz CT molecular complexity index is 617. The van der Waals surface area contributed by atoms with Crippen molar-refractivity contribution in [3.05, 3.63) is 58.6 Å². The van der Waals surface area contributed by atoms with Gasteiger partial charge in [-0.2, -0.15) is 0 Å². The zero-order valence-corrected chi connectivity index (χ0v) is 11.6. The Balaban J connectivity index is 2.38. The van der Waals surface area contributed by atoms with Crippen molar-refractivity contribution in [1.82, 2.24) is 0 Å². The maximum Gasteiger partial charge on any atom is 0.184 e. The van der Waals surface area contributed by atoms with E-state index in [1.54, 1.807) is 19.1 Å². The second-order valence-corrected chi connectivity index (χ2v) is 4.96. The van der Waals surface area contributed by atoms with Crippen molar-refractivity contribution in [3.8, 4) is 11.5 Å². The van der Waals surface area contributed by atoms with E-state index in [0.29, 0.717) is 12.0 Å². The highest BCUT2D eigenvalue weighted by Crippen LogP contribution is 2.32. The third-order valence-electron chi connectivity index (χ3n) is 2.74. The fourth-order valence-corrected chi connectivity index (χ4v) is 2.00. The van der Waals surface area contributed by atoms with Crippen LogP contribution >= 0.6 is 11.6 Å². The summed E-state index contributed by atoms with van der Waals surface area (Å²) in [7, 11) is 0.